The summed E-state index contributed by atoms with van der Waals surface area (Å²) >= 11 is 6.75. The third-order valence-electron chi connectivity index (χ3n) is 7.72. The smallest absolute Gasteiger partial charge is 0.359 e. The number of carbonyl (C=O) groups is 3. The van der Waals surface area contributed by atoms with Crippen molar-refractivity contribution in [1.29, 1.82) is 0 Å². The van der Waals surface area contributed by atoms with Gasteiger partial charge in [-0.2, -0.15) is 10.2 Å². The maximum Gasteiger partial charge on any atom is 0.359 e. The normalized spacial score (nSPS) is 16.2. The van der Waals surface area contributed by atoms with Gasteiger partial charge in [0.15, 0.2) is 17.2 Å². The number of Topliss-reactive ketones (excluding diaryl/α,β-unsaturated/α-hetero) is 1. The van der Waals surface area contributed by atoms with Gasteiger partial charge >= 0.3 is 11.9 Å². The lowest BCUT2D eigenvalue weighted by Gasteiger charge is -2.29. The molecule has 0 aliphatic heterocycles. The molecule has 0 saturated heterocycles. The molecule has 1 N–H and O–H groups in total. The highest BCUT2D eigenvalue weighted by Gasteiger charge is 2.39. The Morgan fingerprint density at radius 1 is 0.837 bits per heavy atom. The first-order valence-corrected chi connectivity index (χ1v) is 21.7. The third kappa shape index (κ3) is 9.38. The van der Waals surface area contributed by atoms with E-state index < -0.39 is 17.5 Å². The molecule has 0 amide bonds. The Balaban J connectivity index is 0.000000199. The van der Waals surface area contributed by atoms with E-state index in [1.807, 2.05) is 48.5 Å². The molecule has 0 fully saturated rings. The minimum Gasteiger partial charge on any atom is -0.461 e. The van der Waals surface area contributed by atoms with Gasteiger partial charge in [0.05, 0.1) is 47.1 Å². The van der Waals surface area contributed by atoms with Crippen LogP contribution in [0.2, 0.25) is 17.4 Å². The van der Waals surface area contributed by atoms with E-state index in [2.05, 4.69) is 59.4 Å². The maximum absolute atomic E-state index is 12.3. The lowest BCUT2D eigenvalue weighted by molar-refractivity contribution is 0.0327. The fraction of sp³-hybridized carbons (Fsp3) is 0.417. The number of hydrogen-bond donors (Lipinski definition) is 1. The van der Waals surface area contributed by atoms with Crippen molar-refractivity contribution < 1.29 is 29.0 Å². The van der Waals surface area contributed by atoms with Gasteiger partial charge < -0.3 is 14.6 Å². The molecule has 2 heterocycles. The van der Waals surface area contributed by atoms with Crippen LogP contribution in [0.25, 0.3) is 11.4 Å². The first-order chi connectivity index (χ1) is 23.3. The van der Waals surface area contributed by atoms with Crippen molar-refractivity contribution in [3.63, 3.8) is 0 Å². The Bertz CT molecular complexity index is 1810. The largest absolute Gasteiger partial charge is 0.461 e. The quantitative estimate of drug-likeness (QED) is 0.153. The topological polar surface area (TPSA) is 126 Å². The van der Waals surface area contributed by atoms with Crippen LogP contribution < -0.4 is 0 Å². The molecule has 0 radical (unpaired) electrons. The average molecular weight is 815 g/mol. The van der Waals surface area contributed by atoms with Crippen molar-refractivity contribution >= 4 is 63.7 Å². The number of aromatic nitrogens is 4. The van der Waals surface area contributed by atoms with Gasteiger partial charge in [0, 0.05) is 20.9 Å². The Kier molecular flexibility index (Phi) is 13.6. The standard InChI is InChI=1S/C17H19BrN2O3.C16H15BrN2O3.3CH3.Al/c1-3-23-16(21)15-14-13(8-5-9-17(14,2)22)20(19-15)12-7-4-6-11(18)10-12;1-2-22-16(21)15-14-12(7-4-8-13(14)20)19(18-15)11-6-3-5-10(17)9-11;;;;/h4,6-7,10,22H,3,5,8-9H2,1-2H3;3,5-6,9H,2,4,7-8H2,1H3;3*1H3;. The first-order valence-electron chi connectivity index (χ1n) is 16.6. The molecule has 2 aliphatic carbocycles. The van der Waals surface area contributed by atoms with E-state index >= 15 is 0 Å². The first kappa shape index (κ1) is 38.7. The SMILES string of the molecule is CCOC(=O)c1nn(-c2cccc(Br)c2)c2c1C(=O)CCC2.CCOC(=O)c1nn(-c2cccc(Br)c2)c2c1C(C)(O)CCC2.[CH3][Al]([CH3])[CH3]. The molecule has 260 valence electrons. The van der Waals surface area contributed by atoms with Gasteiger partial charge in [-0.25, -0.2) is 19.0 Å². The van der Waals surface area contributed by atoms with E-state index in [0.29, 0.717) is 24.0 Å². The summed E-state index contributed by atoms with van der Waals surface area (Å²) < 4.78 is 15.4. The minimum absolute atomic E-state index is 0.0365. The van der Waals surface area contributed by atoms with Gasteiger partial charge in [-0.05, 0) is 89.3 Å². The summed E-state index contributed by atoms with van der Waals surface area (Å²) in [6.07, 6.45) is 4.17. The molecule has 13 heteroatoms. The monoisotopic (exact) mass is 812 g/mol. The van der Waals surface area contributed by atoms with Crippen molar-refractivity contribution in [1.82, 2.24) is 19.6 Å². The zero-order valence-electron chi connectivity index (χ0n) is 28.9. The number of nitrogens with zero attached hydrogens (tertiary/aromatic N) is 4. The summed E-state index contributed by atoms with van der Waals surface area (Å²) in [5.41, 5.74) is 3.62. The number of carbonyl (C=O) groups excluding carboxylic acids is 3. The summed E-state index contributed by atoms with van der Waals surface area (Å²) in [5.74, 6) is 5.85. The number of fused-ring (bicyclic) bond motifs is 2. The van der Waals surface area contributed by atoms with Crippen LogP contribution in [0.1, 0.15) is 94.7 Å². The lowest BCUT2D eigenvalue weighted by atomic mass is 9.82. The molecule has 10 nitrogen and oxygen atoms in total. The number of benzene rings is 2. The van der Waals surface area contributed by atoms with E-state index in [-0.39, 0.29) is 44.5 Å². The number of ketones is 1. The van der Waals surface area contributed by atoms with E-state index in [9.17, 15) is 19.5 Å². The van der Waals surface area contributed by atoms with Crippen LogP contribution in [0.4, 0.5) is 0 Å². The highest BCUT2D eigenvalue weighted by Crippen LogP contribution is 2.38. The number of rotatable bonds is 6. The molecule has 2 aliphatic rings. The van der Waals surface area contributed by atoms with Crippen molar-refractivity contribution in [2.24, 2.45) is 0 Å². The summed E-state index contributed by atoms with van der Waals surface area (Å²) in [4.78, 5) is 36.7. The van der Waals surface area contributed by atoms with Gasteiger partial charge in [0.2, 0.25) is 0 Å². The van der Waals surface area contributed by atoms with Crippen LogP contribution in [-0.4, -0.2) is 69.8 Å². The third-order valence-corrected chi connectivity index (χ3v) is 8.70. The molecule has 2 aromatic heterocycles. The molecule has 4 aromatic rings. The minimum atomic E-state index is -1.07. The molecular weight excluding hydrogens is 771 g/mol. The van der Waals surface area contributed by atoms with E-state index in [4.69, 9.17) is 9.47 Å². The Labute approximate surface area is 308 Å². The van der Waals surface area contributed by atoms with Gasteiger partial charge in [0.1, 0.15) is 0 Å². The van der Waals surface area contributed by atoms with E-state index in [1.165, 1.54) is 0 Å². The van der Waals surface area contributed by atoms with Crippen LogP contribution in [-0.2, 0) is 27.9 Å². The Hall–Kier alpha value is -3.08. The van der Waals surface area contributed by atoms with Gasteiger partial charge in [-0.15, -0.1) is 17.4 Å². The number of aliphatic hydroxyl groups is 1. The molecule has 1 unspecified atom stereocenters. The molecule has 6 rings (SSSR count). The highest BCUT2D eigenvalue weighted by molar-refractivity contribution is 9.10. The van der Waals surface area contributed by atoms with Crippen molar-refractivity contribution in [2.45, 2.75) is 82.3 Å². The van der Waals surface area contributed by atoms with E-state index in [0.717, 1.165) is 57.4 Å². The second-order valence-electron chi connectivity index (χ2n) is 12.7. The van der Waals surface area contributed by atoms with Crippen molar-refractivity contribution in [3.8, 4) is 11.4 Å². The molecule has 49 heavy (non-hydrogen) atoms. The summed E-state index contributed by atoms with van der Waals surface area (Å²) in [6.45, 7) is 5.76. The Morgan fingerprint density at radius 2 is 1.33 bits per heavy atom. The van der Waals surface area contributed by atoms with Crippen LogP contribution in [0, 0.1) is 0 Å². The lowest BCUT2D eigenvalue weighted by Crippen LogP contribution is -2.29. The average Bonchev–Trinajstić information content (AvgIpc) is 3.63. The van der Waals surface area contributed by atoms with Crippen LogP contribution in [0.3, 0.4) is 0 Å². The Morgan fingerprint density at radius 3 is 1.86 bits per heavy atom. The van der Waals surface area contributed by atoms with Crippen molar-refractivity contribution in [2.75, 3.05) is 13.2 Å². The van der Waals surface area contributed by atoms with Gasteiger partial charge in [-0.1, -0.05) is 44.0 Å². The van der Waals surface area contributed by atoms with E-state index in [1.54, 1.807) is 30.1 Å². The predicted molar refractivity (Wildman–Crippen MR) is 198 cm³/mol. The highest BCUT2D eigenvalue weighted by atomic mass is 79.9. The molecule has 0 bridgehead atoms. The number of hydrogen-bond acceptors (Lipinski definition) is 8. The molecule has 0 saturated carbocycles. The second-order valence-corrected chi connectivity index (χ2v) is 18.0. The zero-order chi connectivity index (χ0) is 35.9. The summed E-state index contributed by atoms with van der Waals surface area (Å²) in [5, 5.41) is 19.6. The predicted octanol–water partition coefficient (Wildman–Crippen LogP) is 8.06. The van der Waals surface area contributed by atoms with Crippen LogP contribution in [0.5, 0.6) is 0 Å². The maximum atomic E-state index is 12.3. The van der Waals surface area contributed by atoms with Crippen molar-refractivity contribution in [3.05, 3.63) is 91.4 Å². The molecule has 0 spiro atoms. The summed E-state index contributed by atoms with van der Waals surface area (Å²) in [7, 11) is 0. The number of halogens is 2. The fourth-order valence-corrected chi connectivity index (χ4v) is 6.59. The number of ether oxygens (including phenoxy) is 2. The molecular formula is C36H43AlBr2N4O6. The van der Waals surface area contributed by atoms with Crippen LogP contribution >= 0.6 is 31.9 Å². The molecule has 2 aromatic carbocycles. The van der Waals surface area contributed by atoms with Gasteiger partial charge in [-0.3, -0.25) is 4.79 Å². The summed E-state index contributed by atoms with van der Waals surface area (Å²) in [6, 6.07) is 15.3. The fourth-order valence-electron chi connectivity index (χ4n) is 5.82. The number of esters is 2. The molecule has 1 atom stereocenters. The second kappa shape index (κ2) is 17.2. The van der Waals surface area contributed by atoms with Crippen LogP contribution in [0.15, 0.2) is 57.5 Å². The van der Waals surface area contributed by atoms with Gasteiger partial charge in [0.25, 0.3) is 14.1 Å². The zero-order valence-corrected chi connectivity index (χ0v) is 33.2.